The van der Waals surface area contributed by atoms with Gasteiger partial charge in [-0.05, 0) is 48.4 Å². The summed E-state index contributed by atoms with van der Waals surface area (Å²) in [6.07, 6.45) is 2.11. The van der Waals surface area contributed by atoms with E-state index in [1.54, 1.807) is 4.90 Å². The average Bonchev–Trinajstić information content (AvgIpc) is 3.22. The van der Waals surface area contributed by atoms with E-state index in [2.05, 4.69) is 6.92 Å². The molecule has 30 heavy (non-hydrogen) atoms. The number of aromatic nitrogens is 1. The number of hydrogen-bond donors (Lipinski definition) is 0. The molecule has 0 aliphatic rings. The molecule has 0 fully saturated rings. The van der Waals surface area contributed by atoms with Crippen molar-refractivity contribution >= 4 is 32.6 Å². The van der Waals surface area contributed by atoms with Crippen molar-refractivity contribution in [2.24, 2.45) is 0 Å². The molecule has 0 spiro atoms. The number of carbonyl (C=O) groups is 1. The van der Waals surface area contributed by atoms with Gasteiger partial charge < -0.3 is 4.74 Å². The number of ether oxygens (including phenoxy) is 1. The van der Waals surface area contributed by atoms with Gasteiger partial charge >= 0.3 is 0 Å². The second-order valence-electron chi connectivity index (χ2n) is 7.07. The second-order valence-corrected chi connectivity index (χ2v) is 8.08. The van der Waals surface area contributed by atoms with Crippen molar-refractivity contribution in [3.63, 3.8) is 0 Å². The molecule has 1 aromatic heterocycles. The number of amides is 1. The Bertz CT molecular complexity index is 1070. The van der Waals surface area contributed by atoms with Crippen LogP contribution in [0.2, 0.25) is 0 Å². The van der Waals surface area contributed by atoms with Crippen LogP contribution >= 0.6 is 11.3 Å². The number of carbonyl (C=O) groups excluding carboxylic acids is 1. The Morgan fingerprint density at radius 2 is 1.70 bits per heavy atom. The summed E-state index contributed by atoms with van der Waals surface area (Å²) in [5.41, 5.74) is 2.58. The van der Waals surface area contributed by atoms with Gasteiger partial charge in [0.25, 0.3) is 5.91 Å². The minimum absolute atomic E-state index is 0.0713. The van der Waals surface area contributed by atoms with Gasteiger partial charge in [0.05, 0.1) is 23.4 Å². The number of hydrogen-bond acceptors (Lipinski definition) is 4. The molecule has 0 aliphatic heterocycles. The van der Waals surface area contributed by atoms with Crippen LogP contribution in [0.1, 0.15) is 35.7 Å². The van der Waals surface area contributed by atoms with Gasteiger partial charge in [-0.3, -0.25) is 9.69 Å². The lowest BCUT2D eigenvalue weighted by Crippen LogP contribution is -2.30. The zero-order chi connectivity index (χ0) is 20.8. The quantitative estimate of drug-likeness (QED) is 0.316. The zero-order valence-electron chi connectivity index (χ0n) is 17.0. The van der Waals surface area contributed by atoms with Crippen LogP contribution in [0.15, 0.2) is 78.9 Å². The lowest BCUT2D eigenvalue weighted by molar-refractivity contribution is 0.0985. The highest BCUT2D eigenvalue weighted by Gasteiger charge is 2.21. The molecule has 1 heterocycles. The molecule has 0 bridgehead atoms. The number of fused-ring (bicyclic) bond motifs is 1. The largest absolute Gasteiger partial charge is 0.494 e. The van der Waals surface area contributed by atoms with E-state index >= 15 is 0 Å². The lowest BCUT2D eigenvalue weighted by Gasteiger charge is -2.20. The first-order valence-corrected chi connectivity index (χ1v) is 11.0. The highest BCUT2D eigenvalue weighted by Crippen LogP contribution is 2.31. The molecule has 0 saturated heterocycles. The van der Waals surface area contributed by atoms with Gasteiger partial charge in [-0.25, -0.2) is 4.98 Å². The Labute approximate surface area is 180 Å². The number of rotatable bonds is 8. The third-order valence-corrected chi connectivity index (χ3v) is 5.87. The van der Waals surface area contributed by atoms with Crippen molar-refractivity contribution in [2.45, 2.75) is 26.3 Å². The molecule has 0 unspecified atom stereocenters. The molecular formula is C25H24N2O2S. The van der Waals surface area contributed by atoms with E-state index in [-0.39, 0.29) is 5.91 Å². The SMILES string of the molecule is CCCCOc1ccc(C(=O)N(Cc2ccccc2)c2nc3ccccc3s2)cc1. The van der Waals surface area contributed by atoms with E-state index < -0.39 is 0 Å². The lowest BCUT2D eigenvalue weighted by atomic mass is 10.1. The molecule has 4 nitrogen and oxygen atoms in total. The number of para-hydroxylation sites is 1. The average molecular weight is 417 g/mol. The van der Waals surface area contributed by atoms with Crippen molar-refractivity contribution in [3.8, 4) is 5.75 Å². The van der Waals surface area contributed by atoms with E-state index in [0.29, 0.717) is 23.8 Å². The van der Waals surface area contributed by atoms with Gasteiger partial charge in [-0.15, -0.1) is 0 Å². The summed E-state index contributed by atoms with van der Waals surface area (Å²) in [6, 6.07) is 25.3. The van der Waals surface area contributed by atoms with Crippen molar-refractivity contribution in [2.75, 3.05) is 11.5 Å². The summed E-state index contributed by atoms with van der Waals surface area (Å²) >= 11 is 1.53. The smallest absolute Gasteiger partial charge is 0.260 e. The number of nitrogens with zero attached hydrogens (tertiary/aromatic N) is 2. The molecular weight excluding hydrogens is 392 g/mol. The fraction of sp³-hybridized carbons (Fsp3) is 0.200. The summed E-state index contributed by atoms with van der Waals surface area (Å²) in [5, 5.41) is 0.702. The molecule has 3 aromatic carbocycles. The zero-order valence-corrected chi connectivity index (χ0v) is 17.8. The Kier molecular flexibility index (Phi) is 6.40. The maximum Gasteiger partial charge on any atom is 0.260 e. The predicted molar refractivity (Wildman–Crippen MR) is 123 cm³/mol. The topological polar surface area (TPSA) is 42.4 Å². The van der Waals surface area contributed by atoms with Crippen molar-refractivity contribution in [3.05, 3.63) is 90.0 Å². The minimum atomic E-state index is -0.0713. The first kappa shape index (κ1) is 20.1. The van der Waals surface area contributed by atoms with Crippen molar-refractivity contribution < 1.29 is 9.53 Å². The summed E-state index contributed by atoms with van der Waals surface area (Å²) in [4.78, 5) is 19.9. The molecule has 4 aromatic rings. The molecule has 152 valence electrons. The third-order valence-electron chi connectivity index (χ3n) is 4.81. The monoisotopic (exact) mass is 416 g/mol. The van der Waals surface area contributed by atoms with Crippen LogP contribution in [0.5, 0.6) is 5.75 Å². The van der Waals surface area contributed by atoms with Crippen LogP contribution < -0.4 is 9.64 Å². The first-order chi connectivity index (χ1) is 14.7. The van der Waals surface area contributed by atoms with E-state index in [4.69, 9.17) is 9.72 Å². The standard InChI is InChI=1S/C25H24N2O2S/c1-2-3-17-29-21-15-13-20(14-16-21)24(28)27(18-19-9-5-4-6-10-19)25-26-22-11-7-8-12-23(22)30-25/h4-16H,2-3,17-18H2,1H3. The fourth-order valence-electron chi connectivity index (χ4n) is 3.15. The second kappa shape index (κ2) is 9.55. The number of anilines is 1. The Morgan fingerprint density at radius 1 is 0.967 bits per heavy atom. The Hall–Kier alpha value is -3.18. The number of unbranched alkanes of at least 4 members (excludes halogenated alkanes) is 1. The summed E-state index contributed by atoms with van der Waals surface area (Å²) in [7, 11) is 0. The minimum Gasteiger partial charge on any atom is -0.494 e. The van der Waals surface area contributed by atoms with Crippen LogP contribution in [0.3, 0.4) is 0 Å². The molecule has 5 heteroatoms. The number of thiazole rings is 1. The summed E-state index contributed by atoms with van der Waals surface area (Å²) < 4.78 is 6.79. The van der Waals surface area contributed by atoms with Crippen LogP contribution in [-0.2, 0) is 6.54 Å². The number of benzene rings is 3. The maximum absolute atomic E-state index is 13.4. The van der Waals surface area contributed by atoms with Crippen molar-refractivity contribution in [1.82, 2.24) is 4.98 Å². The highest BCUT2D eigenvalue weighted by molar-refractivity contribution is 7.22. The first-order valence-electron chi connectivity index (χ1n) is 10.2. The van der Waals surface area contributed by atoms with E-state index in [1.165, 1.54) is 11.3 Å². The fourth-order valence-corrected chi connectivity index (χ4v) is 4.11. The molecule has 0 aliphatic carbocycles. The molecule has 1 amide bonds. The predicted octanol–water partition coefficient (Wildman–Crippen LogP) is 6.32. The highest BCUT2D eigenvalue weighted by atomic mass is 32.1. The summed E-state index contributed by atoms with van der Waals surface area (Å²) in [5.74, 6) is 0.715. The molecule has 4 rings (SSSR count). The van der Waals surface area contributed by atoms with E-state index in [1.807, 2.05) is 78.9 Å². The van der Waals surface area contributed by atoms with Crippen LogP contribution in [0.4, 0.5) is 5.13 Å². The Balaban J connectivity index is 1.62. The van der Waals surface area contributed by atoms with Gasteiger partial charge in [-0.1, -0.05) is 67.1 Å². The van der Waals surface area contributed by atoms with Crippen LogP contribution in [0, 0.1) is 0 Å². The Morgan fingerprint density at radius 3 is 2.43 bits per heavy atom. The van der Waals surface area contributed by atoms with Gasteiger partial charge in [0.15, 0.2) is 5.13 Å². The van der Waals surface area contributed by atoms with Gasteiger partial charge in [0.2, 0.25) is 0 Å². The van der Waals surface area contributed by atoms with Crippen molar-refractivity contribution in [1.29, 1.82) is 0 Å². The normalized spacial score (nSPS) is 10.8. The van der Waals surface area contributed by atoms with Gasteiger partial charge in [0.1, 0.15) is 5.75 Å². The van der Waals surface area contributed by atoms with E-state index in [0.717, 1.165) is 34.4 Å². The van der Waals surface area contributed by atoms with Crippen LogP contribution in [-0.4, -0.2) is 17.5 Å². The third kappa shape index (κ3) is 4.69. The molecule has 0 radical (unpaired) electrons. The van der Waals surface area contributed by atoms with Gasteiger partial charge in [-0.2, -0.15) is 0 Å². The van der Waals surface area contributed by atoms with Crippen LogP contribution in [0.25, 0.3) is 10.2 Å². The summed E-state index contributed by atoms with van der Waals surface area (Å²) in [6.45, 7) is 3.29. The molecule has 0 atom stereocenters. The van der Waals surface area contributed by atoms with E-state index in [9.17, 15) is 4.79 Å². The molecule has 0 N–H and O–H groups in total. The maximum atomic E-state index is 13.4. The van der Waals surface area contributed by atoms with Gasteiger partial charge in [0, 0.05) is 5.56 Å². The molecule has 0 saturated carbocycles.